The third-order valence-electron chi connectivity index (χ3n) is 3.15. The molecular weight excluding hydrogens is 212 g/mol. The fourth-order valence-electron chi connectivity index (χ4n) is 2.25. The number of benzene rings is 1. The zero-order chi connectivity index (χ0) is 12.8. The van der Waals surface area contributed by atoms with E-state index in [2.05, 4.69) is 32.9 Å². The molecule has 1 rings (SSSR count). The van der Waals surface area contributed by atoms with Crippen molar-refractivity contribution in [3.8, 4) is 5.75 Å². The molecule has 0 fully saturated rings. The highest BCUT2D eigenvalue weighted by Crippen LogP contribution is 2.26. The van der Waals surface area contributed by atoms with E-state index in [0.29, 0.717) is 0 Å². The summed E-state index contributed by atoms with van der Waals surface area (Å²) in [6.07, 6.45) is 3.42. The summed E-state index contributed by atoms with van der Waals surface area (Å²) >= 11 is 0. The quantitative estimate of drug-likeness (QED) is 0.820. The molecule has 1 atom stereocenters. The van der Waals surface area contributed by atoms with Crippen molar-refractivity contribution in [3.63, 3.8) is 0 Å². The van der Waals surface area contributed by atoms with Crippen LogP contribution in [-0.4, -0.2) is 18.3 Å². The molecule has 2 nitrogen and oxygen atoms in total. The normalized spacial score (nSPS) is 12.5. The number of methoxy groups -OCH3 is 1. The van der Waals surface area contributed by atoms with Gasteiger partial charge in [-0.2, -0.15) is 0 Å². The number of hydrogen-bond donors (Lipinski definition) is 1. The van der Waals surface area contributed by atoms with Crippen LogP contribution in [0, 0.1) is 13.8 Å². The number of aliphatic hydroxyl groups excluding tert-OH is 1. The highest BCUT2D eigenvalue weighted by molar-refractivity contribution is 5.43. The molecule has 0 aliphatic carbocycles. The van der Waals surface area contributed by atoms with Crippen LogP contribution in [0.4, 0.5) is 0 Å². The van der Waals surface area contributed by atoms with Crippen LogP contribution >= 0.6 is 0 Å². The van der Waals surface area contributed by atoms with Gasteiger partial charge in [0.2, 0.25) is 0 Å². The molecule has 2 heteroatoms. The second-order valence-electron chi connectivity index (χ2n) is 4.74. The maximum atomic E-state index is 9.78. The first-order valence-corrected chi connectivity index (χ1v) is 6.40. The van der Waals surface area contributed by atoms with Crippen molar-refractivity contribution in [2.24, 2.45) is 0 Å². The molecule has 0 aliphatic heterocycles. The Morgan fingerprint density at radius 2 is 1.94 bits per heavy atom. The van der Waals surface area contributed by atoms with Gasteiger partial charge in [-0.25, -0.2) is 0 Å². The first kappa shape index (κ1) is 14.0. The van der Waals surface area contributed by atoms with Crippen LogP contribution in [0.1, 0.15) is 42.9 Å². The Balaban J connectivity index is 2.76. The van der Waals surface area contributed by atoms with Gasteiger partial charge in [0.05, 0.1) is 13.2 Å². The van der Waals surface area contributed by atoms with Gasteiger partial charge in [0.1, 0.15) is 5.75 Å². The molecule has 1 N–H and O–H groups in total. The summed E-state index contributed by atoms with van der Waals surface area (Å²) < 4.78 is 5.42. The second kappa shape index (κ2) is 6.65. The SMILES string of the molecule is CCCC(O)CCc1c(C)cc(C)cc1OC. The van der Waals surface area contributed by atoms with E-state index in [4.69, 9.17) is 4.74 Å². The van der Waals surface area contributed by atoms with E-state index in [1.54, 1.807) is 7.11 Å². The highest BCUT2D eigenvalue weighted by Gasteiger charge is 2.10. The molecule has 0 saturated carbocycles. The van der Waals surface area contributed by atoms with E-state index in [-0.39, 0.29) is 6.10 Å². The zero-order valence-corrected chi connectivity index (χ0v) is 11.4. The molecule has 0 aliphatic rings. The standard InChI is InChI=1S/C15H24O2/c1-5-6-13(16)7-8-14-12(3)9-11(2)10-15(14)17-4/h9-10,13,16H,5-8H2,1-4H3. The summed E-state index contributed by atoms with van der Waals surface area (Å²) in [5.74, 6) is 0.950. The molecule has 0 aromatic heterocycles. The van der Waals surface area contributed by atoms with Gasteiger partial charge < -0.3 is 9.84 Å². The Bertz CT molecular complexity index is 358. The van der Waals surface area contributed by atoms with Crippen LogP contribution in [0.2, 0.25) is 0 Å². The Morgan fingerprint density at radius 1 is 1.24 bits per heavy atom. The van der Waals surface area contributed by atoms with E-state index in [1.165, 1.54) is 16.7 Å². The van der Waals surface area contributed by atoms with E-state index in [1.807, 2.05) is 0 Å². The van der Waals surface area contributed by atoms with Crippen molar-refractivity contribution in [2.45, 2.75) is 52.6 Å². The second-order valence-corrected chi connectivity index (χ2v) is 4.74. The summed E-state index contributed by atoms with van der Waals surface area (Å²) in [5, 5.41) is 9.78. The maximum Gasteiger partial charge on any atom is 0.122 e. The number of aryl methyl sites for hydroxylation is 2. The van der Waals surface area contributed by atoms with Crippen molar-refractivity contribution in [3.05, 3.63) is 28.8 Å². The van der Waals surface area contributed by atoms with E-state index < -0.39 is 0 Å². The molecule has 0 radical (unpaired) electrons. The lowest BCUT2D eigenvalue weighted by Crippen LogP contribution is -2.08. The number of hydrogen-bond acceptors (Lipinski definition) is 2. The summed E-state index contributed by atoms with van der Waals surface area (Å²) in [7, 11) is 1.71. The van der Waals surface area contributed by atoms with Gasteiger partial charge >= 0.3 is 0 Å². The highest BCUT2D eigenvalue weighted by atomic mass is 16.5. The van der Waals surface area contributed by atoms with Crippen molar-refractivity contribution in [2.75, 3.05) is 7.11 Å². The van der Waals surface area contributed by atoms with Gasteiger partial charge in [0.15, 0.2) is 0 Å². The lowest BCUT2D eigenvalue weighted by atomic mass is 9.97. The molecule has 1 aromatic carbocycles. The molecular formula is C15H24O2. The Hall–Kier alpha value is -1.02. The first-order chi connectivity index (χ1) is 8.08. The number of ether oxygens (including phenoxy) is 1. The van der Waals surface area contributed by atoms with Crippen LogP contribution < -0.4 is 4.74 Å². The molecule has 0 spiro atoms. The average Bonchev–Trinajstić information content (AvgIpc) is 2.27. The predicted molar refractivity (Wildman–Crippen MR) is 71.7 cm³/mol. The summed E-state index contributed by atoms with van der Waals surface area (Å²) in [5.41, 5.74) is 3.70. The number of aliphatic hydroxyl groups is 1. The molecule has 1 aromatic rings. The van der Waals surface area contributed by atoms with E-state index in [0.717, 1.165) is 31.4 Å². The van der Waals surface area contributed by atoms with Gasteiger partial charge in [0, 0.05) is 0 Å². The summed E-state index contributed by atoms with van der Waals surface area (Å²) in [6, 6.07) is 4.23. The molecule has 1 unspecified atom stereocenters. The fourth-order valence-corrected chi connectivity index (χ4v) is 2.25. The molecule has 0 amide bonds. The first-order valence-electron chi connectivity index (χ1n) is 6.40. The summed E-state index contributed by atoms with van der Waals surface area (Å²) in [4.78, 5) is 0. The molecule has 0 bridgehead atoms. The summed E-state index contributed by atoms with van der Waals surface area (Å²) in [6.45, 7) is 6.28. The minimum absolute atomic E-state index is 0.189. The lowest BCUT2D eigenvalue weighted by molar-refractivity contribution is 0.153. The lowest BCUT2D eigenvalue weighted by Gasteiger charge is -2.15. The van der Waals surface area contributed by atoms with E-state index >= 15 is 0 Å². The average molecular weight is 236 g/mol. The Labute approximate surface area is 105 Å². The van der Waals surface area contributed by atoms with Crippen LogP contribution in [0.3, 0.4) is 0 Å². The largest absolute Gasteiger partial charge is 0.496 e. The van der Waals surface area contributed by atoms with Crippen LogP contribution in [0.15, 0.2) is 12.1 Å². The van der Waals surface area contributed by atoms with Crippen LogP contribution in [0.5, 0.6) is 5.75 Å². The minimum atomic E-state index is -0.189. The molecule has 17 heavy (non-hydrogen) atoms. The minimum Gasteiger partial charge on any atom is -0.496 e. The van der Waals surface area contributed by atoms with Crippen LogP contribution in [-0.2, 0) is 6.42 Å². The number of rotatable bonds is 6. The van der Waals surface area contributed by atoms with Gasteiger partial charge in [-0.15, -0.1) is 0 Å². The van der Waals surface area contributed by atoms with E-state index in [9.17, 15) is 5.11 Å². The fraction of sp³-hybridized carbons (Fsp3) is 0.600. The van der Waals surface area contributed by atoms with Crippen LogP contribution in [0.25, 0.3) is 0 Å². The van der Waals surface area contributed by atoms with Crippen molar-refractivity contribution < 1.29 is 9.84 Å². The predicted octanol–water partition coefficient (Wildman–Crippen LogP) is 3.41. The zero-order valence-electron chi connectivity index (χ0n) is 11.4. The Kier molecular flexibility index (Phi) is 5.49. The topological polar surface area (TPSA) is 29.5 Å². The monoisotopic (exact) mass is 236 g/mol. The Morgan fingerprint density at radius 3 is 2.53 bits per heavy atom. The van der Waals surface area contributed by atoms with Gasteiger partial charge in [-0.05, 0) is 55.9 Å². The van der Waals surface area contributed by atoms with Crippen molar-refractivity contribution >= 4 is 0 Å². The third-order valence-corrected chi connectivity index (χ3v) is 3.15. The van der Waals surface area contributed by atoms with Crippen molar-refractivity contribution in [1.29, 1.82) is 0 Å². The van der Waals surface area contributed by atoms with Crippen molar-refractivity contribution in [1.82, 2.24) is 0 Å². The van der Waals surface area contributed by atoms with Gasteiger partial charge in [-0.3, -0.25) is 0 Å². The molecule has 0 saturated heterocycles. The van der Waals surface area contributed by atoms with Gasteiger partial charge in [0.25, 0.3) is 0 Å². The smallest absolute Gasteiger partial charge is 0.122 e. The van der Waals surface area contributed by atoms with Gasteiger partial charge in [-0.1, -0.05) is 19.4 Å². The molecule has 96 valence electrons. The third kappa shape index (κ3) is 4.04. The molecule has 0 heterocycles. The maximum absolute atomic E-state index is 9.78.